The van der Waals surface area contributed by atoms with E-state index in [-0.39, 0.29) is 6.54 Å². The molecule has 3 heteroatoms. The zero-order valence-electron chi connectivity index (χ0n) is 10.8. The molecule has 0 bridgehead atoms. The van der Waals surface area contributed by atoms with Crippen molar-refractivity contribution < 1.29 is 10.2 Å². The van der Waals surface area contributed by atoms with Gasteiger partial charge in [-0.3, -0.25) is 4.90 Å². The summed E-state index contributed by atoms with van der Waals surface area (Å²) in [6.07, 6.45) is -1.31. The van der Waals surface area contributed by atoms with Crippen molar-refractivity contribution in [1.82, 2.24) is 4.90 Å². The van der Waals surface area contributed by atoms with Gasteiger partial charge in [0.15, 0.2) is 6.29 Å². The van der Waals surface area contributed by atoms with Crippen molar-refractivity contribution in [2.75, 3.05) is 6.54 Å². The molecule has 2 rings (SSSR count). The van der Waals surface area contributed by atoms with Crippen LogP contribution in [0.4, 0.5) is 0 Å². The van der Waals surface area contributed by atoms with Crippen LogP contribution in [0.15, 0.2) is 60.7 Å². The Labute approximate surface area is 113 Å². The van der Waals surface area contributed by atoms with Crippen LogP contribution in [0.1, 0.15) is 11.1 Å². The lowest BCUT2D eigenvalue weighted by Crippen LogP contribution is -2.31. The van der Waals surface area contributed by atoms with Gasteiger partial charge in [-0.2, -0.15) is 0 Å². The van der Waals surface area contributed by atoms with Gasteiger partial charge >= 0.3 is 0 Å². The minimum absolute atomic E-state index is 0.240. The minimum Gasteiger partial charge on any atom is -0.367 e. The first-order valence-corrected chi connectivity index (χ1v) is 6.40. The van der Waals surface area contributed by atoms with Crippen molar-refractivity contribution >= 4 is 0 Å². The number of aliphatic hydroxyl groups is 2. The molecule has 0 aromatic heterocycles. The molecule has 2 N–H and O–H groups in total. The smallest absolute Gasteiger partial charge is 0.164 e. The lowest BCUT2D eigenvalue weighted by molar-refractivity contribution is -0.0641. The van der Waals surface area contributed by atoms with Crippen molar-refractivity contribution in [1.29, 1.82) is 0 Å². The molecule has 0 amide bonds. The summed E-state index contributed by atoms with van der Waals surface area (Å²) in [6.45, 7) is 1.64. The van der Waals surface area contributed by atoms with E-state index in [4.69, 9.17) is 0 Å². The summed E-state index contributed by atoms with van der Waals surface area (Å²) in [5.74, 6) is 0. The Kier molecular flexibility index (Phi) is 5.10. The quantitative estimate of drug-likeness (QED) is 0.778. The highest BCUT2D eigenvalue weighted by Crippen LogP contribution is 2.10. The summed E-state index contributed by atoms with van der Waals surface area (Å²) in [7, 11) is 0. The molecule has 19 heavy (non-hydrogen) atoms. The second-order valence-corrected chi connectivity index (χ2v) is 4.62. The molecule has 100 valence electrons. The lowest BCUT2D eigenvalue weighted by atomic mass is 10.1. The molecule has 2 aromatic rings. The average molecular weight is 257 g/mol. The summed E-state index contributed by atoms with van der Waals surface area (Å²) in [4.78, 5) is 2.02. The zero-order valence-corrected chi connectivity index (χ0v) is 10.8. The Morgan fingerprint density at radius 3 is 1.53 bits per heavy atom. The topological polar surface area (TPSA) is 43.7 Å². The fourth-order valence-electron chi connectivity index (χ4n) is 2.10. The van der Waals surface area contributed by atoms with Gasteiger partial charge in [0.05, 0.1) is 0 Å². The van der Waals surface area contributed by atoms with Crippen LogP contribution in [-0.4, -0.2) is 27.9 Å². The Bertz CT molecular complexity index is 429. The molecule has 0 saturated heterocycles. The van der Waals surface area contributed by atoms with Gasteiger partial charge in [-0.25, -0.2) is 0 Å². The van der Waals surface area contributed by atoms with E-state index in [1.807, 2.05) is 65.6 Å². The monoisotopic (exact) mass is 257 g/mol. The third-order valence-corrected chi connectivity index (χ3v) is 2.92. The predicted molar refractivity (Wildman–Crippen MR) is 75.2 cm³/mol. The maximum absolute atomic E-state index is 9.19. The van der Waals surface area contributed by atoms with E-state index < -0.39 is 6.29 Å². The number of hydrogen-bond acceptors (Lipinski definition) is 3. The molecule has 0 radical (unpaired) electrons. The van der Waals surface area contributed by atoms with E-state index >= 15 is 0 Å². The van der Waals surface area contributed by atoms with Crippen LogP contribution >= 0.6 is 0 Å². The lowest BCUT2D eigenvalue weighted by Gasteiger charge is -2.23. The van der Waals surface area contributed by atoms with Gasteiger partial charge in [0, 0.05) is 19.6 Å². The molecule has 0 unspecified atom stereocenters. The van der Waals surface area contributed by atoms with Gasteiger partial charge in [0.2, 0.25) is 0 Å². The van der Waals surface area contributed by atoms with Crippen molar-refractivity contribution in [2.24, 2.45) is 0 Å². The van der Waals surface area contributed by atoms with Gasteiger partial charge in [-0.05, 0) is 11.1 Å². The number of benzene rings is 2. The van der Waals surface area contributed by atoms with E-state index in [1.54, 1.807) is 0 Å². The molecule has 0 saturated carbocycles. The summed E-state index contributed by atoms with van der Waals surface area (Å²) in [5.41, 5.74) is 2.33. The van der Waals surface area contributed by atoms with Crippen LogP contribution in [0.25, 0.3) is 0 Å². The second kappa shape index (κ2) is 7.04. The molecule has 0 heterocycles. The fourth-order valence-corrected chi connectivity index (χ4v) is 2.10. The standard InChI is InChI=1S/C16H19NO2/c18-16(19)13-17(11-14-7-3-1-4-8-14)12-15-9-5-2-6-10-15/h1-10,16,18-19H,11-13H2. The van der Waals surface area contributed by atoms with Crippen molar-refractivity contribution in [2.45, 2.75) is 19.4 Å². The Morgan fingerprint density at radius 2 is 1.16 bits per heavy atom. The van der Waals surface area contributed by atoms with Gasteiger partial charge in [0.1, 0.15) is 0 Å². The molecule has 2 aromatic carbocycles. The number of nitrogens with zero attached hydrogens (tertiary/aromatic N) is 1. The molecule has 0 atom stereocenters. The SMILES string of the molecule is OC(O)CN(Cc1ccccc1)Cc1ccccc1. The van der Waals surface area contributed by atoms with E-state index in [1.165, 1.54) is 11.1 Å². The van der Waals surface area contributed by atoms with Crippen molar-refractivity contribution in [3.8, 4) is 0 Å². The third kappa shape index (κ3) is 4.83. The molecule has 0 fully saturated rings. The maximum atomic E-state index is 9.19. The number of hydrogen-bond donors (Lipinski definition) is 2. The Hall–Kier alpha value is -1.68. The molecular weight excluding hydrogens is 238 g/mol. The van der Waals surface area contributed by atoms with Crippen LogP contribution in [0.2, 0.25) is 0 Å². The molecule has 0 aliphatic carbocycles. The first kappa shape index (κ1) is 13.7. The molecule has 0 aliphatic rings. The first-order valence-electron chi connectivity index (χ1n) is 6.40. The highest BCUT2D eigenvalue weighted by molar-refractivity contribution is 5.17. The molecule has 3 nitrogen and oxygen atoms in total. The average Bonchev–Trinajstić information content (AvgIpc) is 2.40. The first-order chi connectivity index (χ1) is 9.24. The molecule has 0 spiro atoms. The van der Waals surface area contributed by atoms with Crippen LogP contribution in [0.5, 0.6) is 0 Å². The molecule has 0 aliphatic heterocycles. The fraction of sp³-hybridized carbons (Fsp3) is 0.250. The van der Waals surface area contributed by atoms with E-state index in [0.717, 1.165) is 0 Å². The van der Waals surface area contributed by atoms with Gasteiger partial charge in [-0.15, -0.1) is 0 Å². The molecular formula is C16H19NO2. The van der Waals surface area contributed by atoms with E-state index in [0.29, 0.717) is 13.1 Å². The highest BCUT2D eigenvalue weighted by atomic mass is 16.5. The Balaban J connectivity index is 2.03. The highest BCUT2D eigenvalue weighted by Gasteiger charge is 2.10. The third-order valence-electron chi connectivity index (χ3n) is 2.92. The van der Waals surface area contributed by atoms with Crippen molar-refractivity contribution in [3.05, 3.63) is 71.8 Å². The van der Waals surface area contributed by atoms with Crippen LogP contribution in [-0.2, 0) is 13.1 Å². The van der Waals surface area contributed by atoms with Gasteiger partial charge < -0.3 is 10.2 Å². The summed E-state index contributed by atoms with van der Waals surface area (Å²) >= 11 is 0. The van der Waals surface area contributed by atoms with Crippen LogP contribution < -0.4 is 0 Å². The minimum atomic E-state index is -1.31. The van der Waals surface area contributed by atoms with Crippen molar-refractivity contribution in [3.63, 3.8) is 0 Å². The number of rotatable bonds is 6. The van der Waals surface area contributed by atoms with Gasteiger partial charge in [0.25, 0.3) is 0 Å². The second-order valence-electron chi connectivity index (χ2n) is 4.62. The zero-order chi connectivity index (χ0) is 13.5. The van der Waals surface area contributed by atoms with Gasteiger partial charge in [-0.1, -0.05) is 60.7 Å². The van der Waals surface area contributed by atoms with E-state index in [9.17, 15) is 10.2 Å². The van der Waals surface area contributed by atoms with Crippen LogP contribution in [0, 0.1) is 0 Å². The largest absolute Gasteiger partial charge is 0.367 e. The summed E-state index contributed by atoms with van der Waals surface area (Å²) < 4.78 is 0. The Morgan fingerprint density at radius 1 is 0.737 bits per heavy atom. The van der Waals surface area contributed by atoms with E-state index in [2.05, 4.69) is 0 Å². The maximum Gasteiger partial charge on any atom is 0.164 e. The summed E-state index contributed by atoms with van der Waals surface area (Å²) in [6, 6.07) is 20.1. The van der Waals surface area contributed by atoms with Crippen LogP contribution in [0.3, 0.4) is 0 Å². The summed E-state index contributed by atoms with van der Waals surface area (Å²) in [5, 5.41) is 18.4. The number of aliphatic hydroxyl groups excluding tert-OH is 1. The normalized spacial score (nSPS) is 11.2. The predicted octanol–water partition coefficient (Wildman–Crippen LogP) is 2.00.